The Kier molecular flexibility index (Phi) is 5.51. The maximum absolute atomic E-state index is 13.0. The molecular formula is C23H19F3N4O. The minimum atomic E-state index is -4.51. The number of carbonyl (C=O) groups excluding carboxylic acids is 1. The molecule has 1 amide bonds. The monoisotopic (exact) mass is 424 g/mol. The van der Waals surface area contributed by atoms with Crippen molar-refractivity contribution >= 4 is 5.91 Å². The summed E-state index contributed by atoms with van der Waals surface area (Å²) in [6, 6.07) is 12.6. The minimum absolute atomic E-state index is 0.279. The summed E-state index contributed by atoms with van der Waals surface area (Å²) in [5, 5.41) is 12.1. The van der Waals surface area contributed by atoms with Crippen LogP contribution in [0, 0.1) is 11.3 Å². The Morgan fingerprint density at radius 1 is 1.16 bits per heavy atom. The summed E-state index contributed by atoms with van der Waals surface area (Å²) in [5.41, 5.74) is 1.78. The first-order valence-corrected chi connectivity index (χ1v) is 9.90. The van der Waals surface area contributed by atoms with Crippen LogP contribution in [-0.2, 0) is 12.7 Å². The second-order valence-electron chi connectivity index (χ2n) is 7.49. The molecule has 8 heteroatoms. The van der Waals surface area contributed by atoms with E-state index in [1.54, 1.807) is 24.3 Å². The van der Waals surface area contributed by atoms with E-state index in [0.717, 1.165) is 43.8 Å². The second kappa shape index (κ2) is 8.26. The van der Waals surface area contributed by atoms with Crippen molar-refractivity contribution in [2.24, 2.45) is 0 Å². The number of aryl methyl sites for hydroxylation is 1. The molecule has 0 bridgehead atoms. The van der Waals surface area contributed by atoms with E-state index in [0.29, 0.717) is 22.3 Å². The first-order valence-electron chi connectivity index (χ1n) is 9.90. The van der Waals surface area contributed by atoms with Gasteiger partial charge in [0.2, 0.25) is 0 Å². The van der Waals surface area contributed by atoms with Crippen LogP contribution in [0.4, 0.5) is 13.2 Å². The van der Waals surface area contributed by atoms with E-state index in [4.69, 9.17) is 5.26 Å². The Hall–Kier alpha value is -3.60. The van der Waals surface area contributed by atoms with Gasteiger partial charge in [-0.1, -0.05) is 6.07 Å². The maximum Gasteiger partial charge on any atom is 0.433 e. The van der Waals surface area contributed by atoms with Gasteiger partial charge in [0.15, 0.2) is 0 Å². The highest BCUT2D eigenvalue weighted by Crippen LogP contribution is 2.34. The van der Waals surface area contributed by atoms with Gasteiger partial charge in [-0.3, -0.25) is 9.78 Å². The number of halogens is 3. The first kappa shape index (κ1) is 20.7. The van der Waals surface area contributed by atoms with E-state index in [2.05, 4.69) is 10.3 Å². The predicted molar refractivity (Wildman–Crippen MR) is 108 cm³/mol. The number of nitriles is 1. The third-order valence-corrected chi connectivity index (χ3v) is 5.37. The Morgan fingerprint density at radius 3 is 2.77 bits per heavy atom. The van der Waals surface area contributed by atoms with E-state index in [1.807, 2.05) is 22.9 Å². The number of nitrogens with one attached hydrogen (secondary N) is 1. The van der Waals surface area contributed by atoms with Crippen molar-refractivity contribution in [2.75, 3.05) is 0 Å². The lowest BCUT2D eigenvalue weighted by Crippen LogP contribution is -2.29. The number of nitrogens with zero attached hydrogens (tertiary/aromatic N) is 3. The Labute approximate surface area is 177 Å². The van der Waals surface area contributed by atoms with Crippen molar-refractivity contribution < 1.29 is 18.0 Å². The Balaban J connectivity index is 1.63. The van der Waals surface area contributed by atoms with Gasteiger partial charge in [-0.2, -0.15) is 18.4 Å². The molecule has 0 unspecified atom stereocenters. The Morgan fingerprint density at radius 2 is 2.00 bits per heavy atom. The number of hydrogen-bond donors (Lipinski definition) is 1. The fourth-order valence-corrected chi connectivity index (χ4v) is 3.84. The van der Waals surface area contributed by atoms with Crippen LogP contribution in [0.25, 0.3) is 11.1 Å². The van der Waals surface area contributed by atoms with Crippen LogP contribution in [0.3, 0.4) is 0 Å². The predicted octanol–water partition coefficient (Wildman–Crippen LogP) is 5.10. The normalized spacial score (nSPS) is 16.1. The summed E-state index contributed by atoms with van der Waals surface area (Å²) < 4.78 is 41.1. The van der Waals surface area contributed by atoms with Gasteiger partial charge in [0, 0.05) is 30.2 Å². The van der Waals surface area contributed by atoms with Gasteiger partial charge in [0.1, 0.15) is 5.69 Å². The molecule has 0 aliphatic carbocycles. The first-order chi connectivity index (χ1) is 14.8. The van der Waals surface area contributed by atoms with Crippen LogP contribution in [0.15, 0.2) is 54.9 Å². The van der Waals surface area contributed by atoms with Crippen LogP contribution in [0.2, 0.25) is 0 Å². The molecule has 1 N–H and O–H groups in total. The standard InChI is InChI=1S/C23H19F3N4O/c24-23(25,26)21-12-16(7-8-28-21)18-11-20-19(6-1-2-9-30(20)14-18)29-22(31)17-5-3-4-15(10-17)13-27/h3-5,7-8,10-12,14,19H,1-2,6,9H2,(H,29,31)/t19-/m0/s1. The molecule has 1 aliphatic heterocycles. The number of amides is 1. The topological polar surface area (TPSA) is 70.7 Å². The van der Waals surface area contributed by atoms with E-state index in [9.17, 15) is 18.0 Å². The molecule has 0 fully saturated rings. The lowest BCUT2D eigenvalue weighted by Gasteiger charge is -2.18. The third-order valence-electron chi connectivity index (χ3n) is 5.37. The highest BCUT2D eigenvalue weighted by molar-refractivity contribution is 5.94. The van der Waals surface area contributed by atoms with Gasteiger partial charge in [-0.25, -0.2) is 0 Å². The second-order valence-corrected chi connectivity index (χ2v) is 7.49. The number of aromatic nitrogens is 2. The maximum atomic E-state index is 13.0. The van der Waals surface area contributed by atoms with E-state index in [1.165, 1.54) is 6.07 Å². The van der Waals surface area contributed by atoms with Crippen molar-refractivity contribution in [3.05, 3.63) is 77.4 Å². The molecule has 1 atom stereocenters. The molecule has 0 saturated carbocycles. The van der Waals surface area contributed by atoms with Gasteiger partial charge >= 0.3 is 6.18 Å². The number of fused-ring (bicyclic) bond motifs is 1. The SMILES string of the molecule is N#Cc1cccc(C(=O)N[C@H]2CCCCn3cc(-c4ccnc(C(F)(F)F)c4)cc32)c1. The molecule has 4 rings (SSSR count). The van der Waals surface area contributed by atoms with Gasteiger partial charge in [0.05, 0.1) is 17.7 Å². The number of alkyl halides is 3. The Bertz CT molecular complexity index is 1160. The molecule has 0 spiro atoms. The van der Waals surface area contributed by atoms with Crippen LogP contribution < -0.4 is 5.32 Å². The molecule has 2 aromatic heterocycles. The van der Waals surface area contributed by atoms with Crippen LogP contribution in [0.1, 0.15) is 52.6 Å². The summed E-state index contributed by atoms with van der Waals surface area (Å²) in [7, 11) is 0. The largest absolute Gasteiger partial charge is 0.433 e. The number of hydrogen-bond acceptors (Lipinski definition) is 3. The van der Waals surface area contributed by atoms with Crippen molar-refractivity contribution in [2.45, 2.75) is 38.0 Å². The fraction of sp³-hybridized carbons (Fsp3) is 0.261. The van der Waals surface area contributed by atoms with Gasteiger partial charge in [-0.05, 0) is 66.8 Å². The van der Waals surface area contributed by atoms with Gasteiger partial charge in [-0.15, -0.1) is 0 Å². The fourth-order valence-electron chi connectivity index (χ4n) is 3.84. The summed E-state index contributed by atoms with van der Waals surface area (Å²) in [5.74, 6) is -0.290. The van der Waals surface area contributed by atoms with E-state index in [-0.39, 0.29) is 11.9 Å². The third kappa shape index (κ3) is 4.45. The number of pyridine rings is 1. The number of benzene rings is 1. The molecule has 3 aromatic rings. The zero-order valence-electron chi connectivity index (χ0n) is 16.5. The average Bonchev–Trinajstić information content (AvgIpc) is 3.11. The molecular weight excluding hydrogens is 405 g/mol. The van der Waals surface area contributed by atoms with Crippen LogP contribution in [-0.4, -0.2) is 15.5 Å². The van der Waals surface area contributed by atoms with Gasteiger partial charge < -0.3 is 9.88 Å². The quantitative estimate of drug-likeness (QED) is 0.636. The van der Waals surface area contributed by atoms with Crippen molar-refractivity contribution in [1.29, 1.82) is 5.26 Å². The number of carbonyl (C=O) groups is 1. The summed E-state index contributed by atoms with van der Waals surface area (Å²) >= 11 is 0. The minimum Gasteiger partial charge on any atom is -0.349 e. The summed E-state index contributed by atoms with van der Waals surface area (Å²) in [4.78, 5) is 16.2. The van der Waals surface area contributed by atoms with Crippen molar-refractivity contribution in [3.63, 3.8) is 0 Å². The van der Waals surface area contributed by atoms with E-state index >= 15 is 0 Å². The molecule has 1 aromatic carbocycles. The zero-order valence-corrected chi connectivity index (χ0v) is 16.5. The zero-order chi connectivity index (χ0) is 22.0. The molecule has 0 saturated heterocycles. The molecule has 3 heterocycles. The molecule has 31 heavy (non-hydrogen) atoms. The lowest BCUT2D eigenvalue weighted by atomic mass is 10.0. The number of rotatable bonds is 3. The highest BCUT2D eigenvalue weighted by atomic mass is 19.4. The smallest absolute Gasteiger partial charge is 0.349 e. The average molecular weight is 424 g/mol. The molecule has 5 nitrogen and oxygen atoms in total. The summed E-state index contributed by atoms with van der Waals surface area (Å²) in [6.45, 7) is 0.725. The van der Waals surface area contributed by atoms with Crippen molar-refractivity contribution in [3.8, 4) is 17.2 Å². The van der Waals surface area contributed by atoms with Crippen LogP contribution in [0.5, 0.6) is 0 Å². The summed E-state index contributed by atoms with van der Waals surface area (Å²) in [6.07, 6.45) is 1.00. The van der Waals surface area contributed by atoms with Gasteiger partial charge in [0.25, 0.3) is 5.91 Å². The van der Waals surface area contributed by atoms with Crippen LogP contribution >= 0.6 is 0 Å². The van der Waals surface area contributed by atoms with Crippen molar-refractivity contribution in [1.82, 2.24) is 14.9 Å². The molecule has 158 valence electrons. The molecule has 0 radical (unpaired) electrons. The molecule has 1 aliphatic rings. The lowest BCUT2D eigenvalue weighted by molar-refractivity contribution is -0.141. The van der Waals surface area contributed by atoms with E-state index < -0.39 is 11.9 Å². The highest BCUT2D eigenvalue weighted by Gasteiger charge is 2.32.